The second-order valence-electron chi connectivity index (χ2n) is 4.04. The van der Waals surface area contributed by atoms with Crippen LogP contribution in [0.4, 0.5) is 11.4 Å². The fraction of sp³-hybridized carbons (Fsp3) is 0.143. The molecule has 0 bridgehead atoms. The summed E-state index contributed by atoms with van der Waals surface area (Å²) in [6.45, 7) is 0.890. The molecule has 4 heteroatoms. The van der Waals surface area contributed by atoms with Crippen LogP contribution in [-0.2, 0) is 6.42 Å². The van der Waals surface area contributed by atoms with Gasteiger partial charge in [-0.3, -0.25) is 0 Å². The van der Waals surface area contributed by atoms with Crippen molar-refractivity contribution in [1.29, 1.82) is 0 Å². The molecule has 0 radical (unpaired) electrons. The van der Waals surface area contributed by atoms with E-state index in [4.69, 9.17) is 17.3 Å². The van der Waals surface area contributed by atoms with Crippen LogP contribution in [0.15, 0.2) is 42.5 Å². The summed E-state index contributed by atoms with van der Waals surface area (Å²) in [4.78, 5) is 0. The number of anilines is 2. The van der Waals surface area contributed by atoms with Gasteiger partial charge in [0.1, 0.15) is 0 Å². The molecule has 0 amide bonds. The van der Waals surface area contributed by atoms with Gasteiger partial charge in [-0.15, -0.1) is 0 Å². The molecule has 0 aliphatic heterocycles. The van der Waals surface area contributed by atoms with E-state index in [9.17, 15) is 0 Å². The molecule has 0 atom stereocenters. The van der Waals surface area contributed by atoms with Gasteiger partial charge in [-0.05, 0) is 64.9 Å². The van der Waals surface area contributed by atoms with Crippen LogP contribution >= 0.6 is 34.2 Å². The molecule has 0 aromatic heterocycles. The van der Waals surface area contributed by atoms with E-state index in [1.54, 1.807) is 0 Å². The first-order chi connectivity index (χ1) is 8.65. The lowest BCUT2D eigenvalue weighted by atomic mass is 10.1. The van der Waals surface area contributed by atoms with Crippen molar-refractivity contribution in [3.63, 3.8) is 0 Å². The normalized spacial score (nSPS) is 10.3. The molecule has 0 heterocycles. The summed E-state index contributed by atoms with van der Waals surface area (Å²) in [6, 6.07) is 13.8. The highest BCUT2D eigenvalue weighted by Crippen LogP contribution is 2.20. The molecular formula is C14H14ClIN2. The zero-order chi connectivity index (χ0) is 13.0. The largest absolute Gasteiger partial charge is 0.399 e. The van der Waals surface area contributed by atoms with Gasteiger partial charge in [0.05, 0.1) is 0 Å². The minimum Gasteiger partial charge on any atom is -0.399 e. The monoisotopic (exact) mass is 372 g/mol. The highest BCUT2D eigenvalue weighted by atomic mass is 127. The average molecular weight is 373 g/mol. The van der Waals surface area contributed by atoms with E-state index in [1.165, 1.54) is 5.56 Å². The molecule has 0 unspecified atom stereocenters. The third-order valence-electron chi connectivity index (χ3n) is 2.64. The number of hydrogen-bond donors (Lipinski definition) is 2. The lowest BCUT2D eigenvalue weighted by molar-refractivity contribution is 1.02. The Bertz CT molecular complexity index is 526. The summed E-state index contributed by atoms with van der Waals surface area (Å²) in [5.74, 6) is 0. The second kappa shape index (κ2) is 6.29. The topological polar surface area (TPSA) is 38.0 Å². The second-order valence-corrected chi connectivity index (χ2v) is 5.64. The Morgan fingerprint density at radius 2 is 1.83 bits per heavy atom. The Kier molecular flexibility index (Phi) is 4.72. The molecule has 2 nitrogen and oxygen atoms in total. The molecule has 2 rings (SSSR count). The Morgan fingerprint density at radius 3 is 2.50 bits per heavy atom. The van der Waals surface area contributed by atoms with E-state index >= 15 is 0 Å². The van der Waals surface area contributed by atoms with Crippen molar-refractivity contribution in [1.82, 2.24) is 0 Å². The van der Waals surface area contributed by atoms with Crippen molar-refractivity contribution in [3.05, 3.63) is 56.6 Å². The lowest BCUT2D eigenvalue weighted by Gasteiger charge is -2.09. The molecule has 0 spiro atoms. The number of rotatable bonds is 4. The molecule has 94 valence electrons. The zero-order valence-electron chi connectivity index (χ0n) is 9.79. The summed E-state index contributed by atoms with van der Waals surface area (Å²) in [7, 11) is 0. The first-order valence-electron chi connectivity index (χ1n) is 5.68. The Balaban J connectivity index is 1.90. The van der Waals surface area contributed by atoms with Gasteiger partial charge < -0.3 is 11.1 Å². The maximum Gasteiger partial charge on any atom is 0.0477 e. The molecule has 0 saturated heterocycles. The van der Waals surface area contributed by atoms with Gasteiger partial charge in [-0.1, -0.05) is 23.7 Å². The number of nitrogen functional groups attached to an aromatic ring is 1. The van der Waals surface area contributed by atoms with Crippen molar-refractivity contribution in [2.45, 2.75) is 6.42 Å². The minimum atomic E-state index is 0.778. The summed E-state index contributed by atoms with van der Waals surface area (Å²) in [6.07, 6.45) is 0.970. The van der Waals surface area contributed by atoms with Crippen LogP contribution in [0.1, 0.15) is 5.56 Å². The van der Waals surface area contributed by atoms with E-state index in [2.05, 4.69) is 40.0 Å². The van der Waals surface area contributed by atoms with Crippen LogP contribution in [0.3, 0.4) is 0 Å². The smallest absolute Gasteiger partial charge is 0.0477 e. The van der Waals surface area contributed by atoms with Crippen LogP contribution in [0.25, 0.3) is 0 Å². The van der Waals surface area contributed by atoms with Crippen molar-refractivity contribution < 1.29 is 0 Å². The molecule has 2 aromatic rings. The van der Waals surface area contributed by atoms with E-state index < -0.39 is 0 Å². The zero-order valence-corrected chi connectivity index (χ0v) is 12.7. The van der Waals surface area contributed by atoms with Crippen LogP contribution < -0.4 is 11.1 Å². The van der Waals surface area contributed by atoms with E-state index in [0.29, 0.717) is 0 Å². The molecular weight excluding hydrogens is 359 g/mol. The third-order valence-corrected chi connectivity index (χ3v) is 3.78. The maximum absolute atomic E-state index is 5.85. The van der Waals surface area contributed by atoms with Gasteiger partial charge in [0, 0.05) is 26.5 Å². The van der Waals surface area contributed by atoms with Gasteiger partial charge in [-0.25, -0.2) is 0 Å². The van der Waals surface area contributed by atoms with Crippen LogP contribution in [0.5, 0.6) is 0 Å². The minimum absolute atomic E-state index is 0.778. The summed E-state index contributed by atoms with van der Waals surface area (Å²) in [5.41, 5.74) is 8.91. The highest BCUT2D eigenvalue weighted by molar-refractivity contribution is 14.1. The highest BCUT2D eigenvalue weighted by Gasteiger charge is 1.99. The predicted octanol–water partition coefficient (Wildman–Crippen LogP) is 4.18. The molecule has 0 fully saturated rings. The van der Waals surface area contributed by atoms with Gasteiger partial charge in [0.2, 0.25) is 0 Å². The molecule has 0 aliphatic rings. The third kappa shape index (κ3) is 3.78. The number of benzene rings is 2. The fourth-order valence-electron chi connectivity index (χ4n) is 1.67. The number of nitrogens with one attached hydrogen (secondary N) is 1. The average Bonchev–Trinajstić information content (AvgIpc) is 2.34. The quantitative estimate of drug-likeness (QED) is 0.624. The van der Waals surface area contributed by atoms with E-state index in [-0.39, 0.29) is 0 Å². The summed E-state index contributed by atoms with van der Waals surface area (Å²) in [5, 5.41) is 4.18. The van der Waals surface area contributed by atoms with Gasteiger partial charge in [-0.2, -0.15) is 0 Å². The Labute approximate surface area is 126 Å². The predicted molar refractivity (Wildman–Crippen MR) is 87.2 cm³/mol. The first-order valence-corrected chi connectivity index (χ1v) is 7.14. The first kappa shape index (κ1) is 13.5. The van der Waals surface area contributed by atoms with Crippen LogP contribution in [0, 0.1) is 3.57 Å². The van der Waals surface area contributed by atoms with Gasteiger partial charge in [0.15, 0.2) is 0 Å². The molecule has 2 aromatic carbocycles. The van der Waals surface area contributed by atoms with Crippen LogP contribution in [0.2, 0.25) is 5.02 Å². The lowest BCUT2D eigenvalue weighted by Crippen LogP contribution is -2.06. The summed E-state index contributed by atoms with van der Waals surface area (Å²) < 4.78 is 1.14. The van der Waals surface area contributed by atoms with Crippen LogP contribution in [-0.4, -0.2) is 6.54 Å². The van der Waals surface area contributed by atoms with Gasteiger partial charge >= 0.3 is 0 Å². The van der Waals surface area contributed by atoms with Gasteiger partial charge in [0.25, 0.3) is 0 Å². The van der Waals surface area contributed by atoms with Crippen molar-refractivity contribution >= 4 is 45.6 Å². The van der Waals surface area contributed by atoms with Crippen molar-refractivity contribution in [2.75, 3.05) is 17.6 Å². The molecule has 18 heavy (non-hydrogen) atoms. The molecule has 3 N–H and O–H groups in total. The number of hydrogen-bond acceptors (Lipinski definition) is 2. The SMILES string of the molecule is Nc1ccc(NCCc2ccc(Cl)cc2)c(I)c1. The standard InChI is InChI=1S/C14H14ClIN2/c15-11-3-1-10(2-4-11)7-8-18-14-6-5-12(17)9-13(14)16/h1-6,9,18H,7-8,17H2. The fourth-order valence-corrected chi connectivity index (χ4v) is 2.52. The van der Waals surface area contributed by atoms with Crippen molar-refractivity contribution in [2.24, 2.45) is 0 Å². The molecule has 0 saturated carbocycles. The van der Waals surface area contributed by atoms with E-state index in [0.717, 1.165) is 32.9 Å². The van der Waals surface area contributed by atoms with Crippen molar-refractivity contribution in [3.8, 4) is 0 Å². The Hall–Kier alpha value is -0.940. The molecule has 0 aliphatic carbocycles. The summed E-state index contributed by atoms with van der Waals surface area (Å²) >= 11 is 8.13. The Morgan fingerprint density at radius 1 is 1.11 bits per heavy atom. The number of halogens is 2. The van der Waals surface area contributed by atoms with E-state index in [1.807, 2.05) is 30.3 Å². The number of nitrogens with two attached hydrogens (primary N) is 1. The maximum atomic E-state index is 5.85.